The summed E-state index contributed by atoms with van der Waals surface area (Å²) in [5, 5.41) is 0. The maximum Gasteiger partial charge on any atom is 0.123 e. The van der Waals surface area contributed by atoms with Crippen LogP contribution in [-0.2, 0) is 10.3 Å². The summed E-state index contributed by atoms with van der Waals surface area (Å²) in [5.74, 6) is 0.168. The van der Waals surface area contributed by atoms with E-state index >= 15 is 0 Å². The van der Waals surface area contributed by atoms with Gasteiger partial charge < -0.3 is 4.74 Å². The molecule has 1 nitrogen and oxygen atoms in total. The van der Waals surface area contributed by atoms with Crippen LogP contribution in [0.3, 0.4) is 0 Å². The third-order valence-electron chi connectivity index (χ3n) is 3.69. The summed E-state index contributed by atoms with van der Waals surface area (Å²) < 4.78 is 32.7. The zero-order chi connectivity index (χ0) is 16.7. The Hall–Kier alpha value is -1.16. The highest BCUT2D eigenvalue weighted by atomic mass is 35.5. The summed E-state index contributed by atoms with van der Waals surface area (Å²) in [5.41, 5.74) is 0.705. The fraction of sp³-hybridized carbons (Fsp3) is 0.333. The summed E-state index contributed by atoms with van der Waals surface area (Å²) in [4.78, 5) is 0. The van der Waals surface area contributed by atoms with E-state index in [2.05, 4.69) is 0 Å². The quantitative estimate of drug-likeness (QED) is 0.448. The van der Waals surface area contributed by atoms with Crippen LogP contribution in [-0.4, -0.2) is 18.4 Å². The van der Waals surface area contributed by atoms with Gasteiger partial charge in [-0.05, 0) is 48.2 Å². The molecule has 0 N–H and O–H groups in total. The fourth-order valence-corrected chi connectivity index (χ4v) is 2.94. The number of alkyl halides is 2. The van der Waals surface area contributed by atoms with Crippen molar-refractivity contribution in [3.8, 4) is 0 Å². The molecule has 0 fully saturated rings. The van der Waals surface area contributed by atoms with Crippen molar-refractivity contribution in [1.82, 2.24) is 0 Å². The molecule has 0 bridgehead atoms. The molecule has 2 aromatic rings. The summed E-state index contributed by atoms with van der Waals surface area (Å²) in [6, 6.07) is 12.2. The van der Waals surface area contributed by atoms with Gasteiger partial charge in [0.25, 0.3) is 0 Å². The van der Waals surface area contributed by atoms with Gasteiger partial charge in [-0.1, -0.05) is 24.3 Å². The van der Waals surface area contributed by atoms with Gasteiger partial charge in [0.1, 0.15) is 17.2 Å². The molecular formula is C18H18Cl2F2O. The zero-order valence-electron chi connectivity index (χ0n) is 12.6. The van der Waals surface area contributed by atoms with Crippen LogP contribution in [0.2, 0.25) is 0 Å². The SMILES string of the molecule is Fc1ccc(C(CCCl)(OCCCCl)c2ccc(F)cc2)cc1. The van der Waals surface area contributed by atoms with E-state index in [-0.39, 0.29) is 11.6 Å². The van der Waals surface area contributed by atoms with Gasteiger partial charge in [-0.15, -0.1) is 23.2 Å². The molecule has 0 unspecified atom stereocenters. The van der Waals surface area contributed by atoms with Gasteiger partial charge in [0.05, 0.1) is 0 Å². The molecule has 0 aromatic heterocycles. The topological polar surface area (TPSA) is 9.23 Å². The van der Waals surface area contributed by atoms with Crippen LogP contribution in [0.4, 0.5) is 8.78 Å². The molecule has 23 heavy (non-hydrogen) atoms. The monoisotopic (exact) mass is 358 g/mol. The average molecular weight is 359 g/mol. The lowest BCUT2D eigenvalue weighted by Gasteiger charge is -2.35. The van der Waals surface area contributed by atoms with Crippen molar-refractivity contribution in [3.05, 3.63) is 71.3 Å². The molecule has 0 saturated carbocycles. The molecule has 2 rings (SSSR count). The molecule has 0 radical (unpaired) electrons. The molecule has 0 atom stereocenters. The van der Waals surface area contributed by atoms with E-state index < -0.39 is 5.60 Å². The van der Waals surface area contributed by atoms with Crippen molar-refractivity contribution in [1.29, 1.82) is 0 Å². The smallest absolute Gasteiger partial charge is 0.123 e. The minimum Gasteiger partial charge on any atom is -0.365 e. The zero-order valence-corrected chi connectivity index (χ0v) is 14.1. The molecule has 0 aliphatic carbocycles. The second-order valence-electron chi connectivity index (χ2n) is 5.17. The molecule has 124 valence electrons. The third-order valence-corrected chi connectivity index (χ3v) is 4.15. The number of hydrogen-bond acceptors (Lipinski definition) is 1. The second-order valence-corrected chi connectivity index (χ2v) is 5.93. The first-order chi connectivity index (χ1) is 11.1. The van der Waals surface area contributed by atoms with Crippen LogP contribution in [0.15, 0.2) is 48.5 Å². The van der Waals surface area contributed by atoms with Gasteiger partial charge in [0.2, 0.25) is 0 Å². The molecule has 0 aliphatic rings. The van der Waals surface area contributed by atoms with E-state index in [1.807, 2.05) is 0 Å². The molecule has 0 spiro atoms. The molecule has 0 saturated heterocycles. The lowest BCUT2D eigenvalue weighted by Crippen LogP contribution is -2.32. The summed E-state index contributed by atoms with van der Waals surface area (Å²) in [6.45, 7) is 0.426. The van der Waals surface area contributed by atoms with Crippen LogP contribution < -0.4 is 0 Å². The van der Waals surface area contributed by atoms with E-state index in [0.29, 0.717) is 31.2 Å². The maximum absolute atomic E-state index is 13.3. The van der Waals surface area contributed by atoms with Gasteiger partial charge in [0, 0.05) is 18.4 Å². The first-order valence-electron chi connectivity index (χ1n) is 7.40. The number of benzene rings is 2. The highest BCUT2D eigenvalue weighted by Gasteiger charge is 2.35. The Morgan fingerprint density at radius 3 is 1.65 bits per heavy atom. The van der Waals surface area contributed by atoms with Crippen molar-refractivity contribution < 1.29 is 13.5 Å². The molecule has 2 aromatic carbocycles. The average Bonchev–Trinajstić information content (AvgIpc) is 2.56. The van der Waals surface area contributed by atoms with Crippen molar-refractivity contribution in [2.24, 2.45) is 0 Å². The summed E-state index contributed by atoms with van der Waals surface area (Å²) >= 11 is 11.7. The molecular weight excluding hydrogens is 341 g/mol. The maximum atomic E-state index is 13.3. The molecule has 5 heteroatoms. The Morgan fingerprint density at radius 1 is 0.783 bits per heavy atom. The second kappa shape index (κ2) is 8.62. The van der Waals surface area contributed by atoms with Crippen LogP contribution in [0.25, 0.3) is 0 Å². The van der Waals surface area contributed by atoms with Gasteiger partial charge in [-0.2, -0.15) is 0 Å². The minimum absolute atomic E-state index is 0.326. The highest BCUT2D eigenvalue weighted by Crippen LogP contribution is 2.38. The number of hydrogen-bond donors (Lipinski definition) is 0. The van der Waals surface area contributed by atoms with Crippen LogP contribution in [0, 0.1) is 11.6 Å². The third kappa shape index (κ3) is 4.43. The largest absolute Gasteiger partial charge is 0.365 e. The predicted octanol–water partition coefficient (Wildman–Crippen LogP) is 5.48. The Labute approximate surface area is 145 Å². The Kier molecular flexibility index (Phi) is 6.82. The van der Waals surface area contributed by atoms with Gasteiger partial charge in [-0.25, -0.2) is 8.78 Å². The molecule has 0 heterocycles. The first-order valence-corrected chi connectivity index (χ1v) is 8.47. The number of rotatable bonds is 8. The van der Waals surface area contributed by atoms with Gasteiger partial charge in [0.15, 0.2) is 0 Å². The number of ether oxygens (including phenoxy) is 1. The van der Waals surface area contributed by atoms with E-state index in [1.54, 1.807) is 24.3 Å². The Balaban J connectivity index is 2.49. The van der Waals surface area contributed by atoms with E-state index in [4.69, 9.17) is 27.9 Å². The first kappa shape index (κ1) is 18.2. The Morgan fingerprint density at radius 2 is 1.26 bits per heavy atom. The highest BCUT2D eigenvalue weighted by molar-refractivity contribution is 6.18. The van der Waals surface area contributed by atoms with Crippen molar-refractivity contribution >= 4 is 23.2 Å². The van der Waals surface area contributed by atoms with Crippen LogP contribution in [0.5, 0.6) is 0 Å². The molecule has 0 amide bonds. The lowest BCUT2D eigenvalue weighted by atomic mass is 9.83. The summed E-state index contributed by atoms with van der Waals surface area (Å²) in [6.07, 6.45) is 1.15. The van der Waals surface area contributed by atoms with Crippen LogP contribution in [0.1, 0.15) is 24.0 Å². The number of halogens is 4. The van der Waals surface area contributed by atoms with E-state index in [0.717, 1.165) is 11.1 Å². The Bertz CT molecular complexity index is 554. The lowest BCUT2D eigenvalue weighted by molar-refractivity contribution is -0.0203. The van der Waals surface area contributed by atoms with Crippen molar-refractivity contribution in [2.75, 3.05) is 18.4 Å². The minimum atomic E-state index is -0.852. The standard InChI is InChI=1S/C18H18Cl2F2O/c19-11-1-13-23-18(10-12-20,14-2-6-16(21)7-3-14)15-4-8-17(22)9-5-15/h2-9H,1,10-13H2. The van der Waals surface area contributed by atoms with E-state index in [1.165, 1.54) is 24.3 Å². The predicted molar refractivity (Wildman–Crippen MR) is 90.2 cm³/mol. The fourth-order valence-electron chi connectivity index (χ4n) is 2.57. The normalized spacial score (nSPS) is 11.7. The van der Waals surface area contributed by atoms with Gasteiger partial charge in [-0.3, -0.25) is 0 Å². The van der Waals surface area contributed by atoms with Crippen LogP contribution >= 0.6 is 23.2 Å². The van der Waals surface area contributed by atoms with E-state index in [9.17, 15) is 8.78 Å². The summed E-state index contributed by atoms with van der Waals surface area (Å²) in [7, 11) is 0. The molecule has 0 aliphatic heterocycles. The van der Waals surface area contributed by atoms with Crippen molar-refractivity contribution in [3.63, 3.8) is 0 Å². The van der Waals surface area contributed by atoms with Gasteiger partial charge >= 0.3 is 0 Å². The van der Waals surface area contributed by atoms with Crippen molar-refractivity contribution in [2.45, 2.75) is 18.4 Å².